The molecule has 0 saturated carbocycles. The molecule has 0 unspecified atom stereocenters. The van der Waals surface area contributed by atoms with Gasteiger partial charge in [0.15, 0.2) is 0 Å². The Morgan fingerprint density at radius 3 is 2.59 bits per heavy atom. The Bertz CT molecular complexity index is 998. The number of rotatable bonds is 3. The zero-order valence-electron chi connectivity index (χ0n) is 15.2. The average Bonchev–Trinajstić information content (AvgIpc) is 3.10. The highest BCUT2D eigenvalue weighted by molar-refractivity contribution is 6.01. The van der Waals surface area contributed by atoms with Gasteiger partial charge >= 0.3 is 0 Å². The predicted octanol–water partition coefficient (Wildman–Crippen LogP) is 3.09. The van der Waals surface area contributed by atoms with Gasteiger partial charge in [-0.1, -0.05) is 30.3 Å². The van der Waals surface area contributed by atoms with Crippen molar-refractivity contribution >= 4 is 5.91 Å². The summed E-state index contributed by atoms with van der Waals surface area (Å²) >= 11 is 0. The summed E-state index contributed by atoms with van der Waals surface area (Å²) in [6, 6.07) is 13.4. The van der Waals surface area contributed by atoms with Crippen LogP contribution in [0.1, 0.15) is 40.4 Å². The SMILES string of the molecule is Cc1[nH]nc(-c2ccccc2)c1C(=O)N1CCC(c2cc[nH]c(=O)c2)CC1. The van der Waals surface area contributed by atoms with Crippen molar-refractivity contribution in [2.24, 2.45) is 0 Å². The molecular weight excluding hydrogens is 340 g/mol. The number of nitrogens with one attached hydrogen (secondary N) is 2. The molecule has 138 valence electrons. The molecule has 2 N–H and O–H groups in total. The summed E-state index contributed by atoms with van der Waals surface area (Å²) in [5.41, 5.74) is 4.05. The number of carbonyl (C=O) groups excluding carboxylic acids is 1. The molecule has 1 aliphatic heterocycles. The molecule has 2 aromatic heterocycles. The molecule has 1 fully saturated rings. The topological polar surface area (TPSA) is 81.8 Å². The highest BCUT2D eigenvalue weighted by Crippen LogP contribution is 2.30. The number of aromatic amines is 2. The normalized spacial score (nSPS) is 15.1. The summed E-state index contributed by atoms with van der Waals surface area (Å²) in [5, 5.41) is 7.32. The van der Waals surface area contributed by atoms with E-state index in [1.165, 1.54) is 0 Å². The van der Waals surface area contributed by atoms with Gasteiger partial charge in [0, 0.05) is 36.6 Å². The largest absolute Gasteiger partial charge is 0.338 e. The van der Waals surface area contributed by atoms with Gasteiger partial charge in [-0.25, -0.2) is 0 Å². The first kappa shape index (κ1) is 17.3. The van der Waals surface area contributed by atoms with Crippen molar-refractivity contribution in [3.63, 3.8) is 0 Å². The lowest BCUT2D eigenvalue weighted by atomic mass is 9.89. The van der Waals surface area contributed by atoms with Crippen molar-refractivity contribution in [1.29, 1.82) is 0 Å². The third-order valence-electron chi connectivity index (χ3n) is 5.26. The molecular formula is C21H22N4O2. The van der Waals surface area contributed by atoms with Gasteiger partial charge in [-0.3, -0.25) is 14.7 Å². The number of nitrogens with zero attached hydrogens (tertiary/aromatic N) is 2. The number of H-pyrrole nitrogens is 2. The number of aromatic nitrogens is 3. The Morgan fingerprint density at radius 1 is 1.15 bits per heavy atom. The van der Waals surface area contributed by atoms with Crippen LogP contribution in [0.25, 0.3) is 11.3 Å². The minimum absolute atomic E-state index is 0.0180. The Kier molecular flexibility index (Phi) is 4.62. The van der Waals surface area contributed by atoms with Crippen LogP contribution < -0.4 is 5.56 Å². The summed E-state index contributed by atoms with van der Waals surface area (Å²) in [7, 11) is 0. The minimum atomic E-state index is -0.0764. The Balaban J connectivity index is 1.52. The molecule has 1 aliphatic rings. The molecule has 1 amide bonds. The van der Waals surface area contributed by atoms with Crippen LogP contribution in [-0.4, -0.2) is 39.1 Å². The third-order valence-corrected chi connectivity index (χ3v) is 5.26. The Labute approximate surface area is 157 Å². The highest BCUT2D eigenvalue weighted by atomic mass is 16.2. The molecule has 3 aromatic rings. The lowest BCUT2D eigenvalue weighted by Gasteiger charge is -2.32. The number of benzene rings is 1. The van der Waals surface area contributed by atoms with Gasteiger partial charge in [-0.2, -0.15) is 5.10 Å². The summed E-state index contributed by atoms with van der Waals surface area (Å²) in [4.78, 5) is 29.3. The fourth-order valence-electron chi connectivity index (χ4n) is 3.78. The van der Waals surface area contributed by atoms with Gasteiger partial charge in [0.05, 0.1) is 5.56 Å². The van der Waals surface area contributed by atoms with Gasteiger partial charge in [0.1, 0.15) is 5.69 Å². The maximum atomic E-state index is 13.2. The van der Waals surface area contributed by atoms with Crippen molar-refractivity contribution in [3.8, 4) is 11.3 Å². The highest BCUT2D eigenvalue weighted by Gasteiger charge is 2.28. The predicted molar refractivity (Wildman–Crippen MR) is 104 cm³/mol. The maximum Gasteiger partial charge on any atom is 0.257 e. The lowest BCUT2D eigenvalue weighted by molar-refractivity contribution is 0.0713. The smallest absolute Gasteiger partial charge is 0.257 e. The molecule has 0 bridgehead atoms. The van der Waals surface area contributed by atoms with Crippen molar-refractivity contribution in [3.05, 3.63) is 75.8 Å². The summed E-state index contributed by atoms with van der Waals surface area (Å²) in [6.45, 7) is 3.24. The molecule has 6 nitrogen and oxygen atoms in total. The molecule has 6 heteroatoms. The molecule has 4 rings (SSSR count). The van der Waals surface area contributed by atoms with Crippen molar-refractivity contribution in [2.75, 3.05) is 13.1 Å². The second-order valence-electron chi connectivity index (χ2n) is 6.99. The van der Waals surface area contributed by atoms with E-state index in [1.807, 2.05) is 48.2 Å². The summed E-state index contributed by atoms with van der Waals surface area (Å²) < 4.78 is 0. The van der Waals surface area contributed by atoms with Crippen molar-refractivity contribution in [2.45, 2.75) is 25.7 Å². The zero-order chi connectivity index (χ0) is 18.8. The first-order valence-corrected chi connectivity index (χ1v) is 9.22. The lowest BCUT2D eigenvalue weighted by Crippen LogP contribution is -2.38. The zero-order valence-corrected chi connectivity index (χ0v) is 15.2. The van der Waals surface area contributed by atoms with E-state index < -0.39 is 0 Å². The number of hydrogen-bond acceptors (Lipinski definition) is 3. The fourth-order valence-corrected chi connectivity index (χ4v) is 3.78. The van der Waals surface area contributed by atoms with Crippen LogP contribution in [0, 0.1) is 6.92 Å². The molecule has 1 saturated heterocycles. The minimum Gasteiger partial charge on any atom is -0.338 e. The molecule has 0 aliphatic carbocycles. The quantitative estimate of drug-likeness (QED) is 0.751. The van der Waals surface area contributed by atoms with E-state index in [4.69, 9.17) is 0 Å². The first-order valence-electron chi connectivity index (χ1n) is 9.22. The van der Waals surface area contributed by atoms with E-state index in [1.54, 1.807) is 12.3 Å². The van der Waals surface area contributed by atoms with Crippen LogP contribution in [0.5, 0.6) is 0 Å². The molecule has 0 radical (unpaired) electrons. The van der Waals surface area contributed by atoms with E-state index in [9.17, 15) is 9.59 Å². The molecule has 0 atom stereocenters. The Hall–Kier alpha value is -3.15. The monoisotopic (exact) mass is 362 g/mol. The van der Waals surface area contributed by atoms with Crippen LogP contribution in [0.3, 0.4) is 0 Å². The number of likely N-dealkylation sites (tertiary alicyclic amines) is 1. The first-order chi connectivity index (χ1) is 13.1. The van der Waals surface area contributed by atoms with Gasteiger partial charge in [0.25, 0.3) is 5.91 Å². The second kappa shape index (κ2) is 7.23. The number of aryl methyl sites for hydroxylation is 1. The van der Waals surface area contributed by atoms with Crippen LogP contribution >= 0.6 is 0 Å². The average molecular weight is 362 g/mol. The van der Waals surface area contributed by atoms with Crippen LogP contribution in [0.4, 0.5) is 0 Å². The number of piperidine rings is 1. The fraction of sp³-hybridized carbons (Fsp3) is 0.286. The van der Waals surface area contributed by atoms with Gasteiger partial charge < -0.3 is 9.88 Å². The molecule has 3 heterocycles. The van der Waals surface area contributed by atoms with Gasteiger partial charge in [-0.15, -0.1) is 0 Å². The van der Waals surface area contributed by atoms with E-state index in [-0.39, 0.29) is 11.5 Å². The maximum absolute atomic E-state index is 13.2. The van der Waals surface area contributed by atoms with Crippen LogP contribution in [-0.2, 0) is 0 Å². The van der Waals surface area contributed by atoms with E-state index >= 15 is 0 Å². The molecule has 1 aromatic carbocycles. The van der Waals surface area contributed by atoms with E-state index in [0.717, 1.165) is 29.7 Å². The van der Waals surface area contributed by atoms with E-state index in [2.05, 4.69) is 15.2 Å². The van der Waals surface area contributed by atoms with Gasteiger partial charge in [-0.05, 0) is 37.3 Å². The van der Waals surface area contributed by atoms with Crippen molar-refractivity contribution < 1.29 is 4.79 Å². The third kappa shape index (κ3) is 3.43. The number of pyridine rings is 1. The number of amides is 1. The standard InChI is InChI=1S/C21H22N4O2/c1-14-19(20(24-23-14)16-5-3-2-4-6-16)21(27)25-11-8-15(9-12-25)17-7-10-22-18(26)13-17/h2-7,10,13,15H,8-9,11-12H2,1H3,(H,22,26)(H,23,24). The molecule has 27 heavy (non-hydrogen) atoms. The summed E-state index contributed by atoms with van der Waals surface area (Å²) in [5.74, 6) is 0.333. The second-order valence-corrected chi connectivity index (χ2v) is 6.99. The van der Waals surface area contributed by atoms with Crippen LogP contribution in [0.15, 0.2) is 53.5 Å². The molecule has 0 spiro atoms. The summed E-state index contributed by atoms with van der Waals surface area (Å²) in [6.07, 6.45) is 3.40. The Morgan fingerprint density at radius 2 is 1.89 bits per heavy atom. The number of hydrogen-bond donors (Lipinski definition) is 2. The van der Waals surface area contributed by atoms with Crippen LogP contribution in [0.2, 0.25) is 0 Å². The van der Waals surface area contributed by atoms with Crippen molar-refractivity contribution in [1.82, 2.24) is 20.1 Å². The van der Waals surface area contributed by atoms with E-state index in [0.29, 0.717) is 30.3 Å². The number of carbonyl (C=O) groups is 1. The van der Waals surface area contributed by atoms with Gasteiger partial charge in [0.2, 0.25) is 5.56 Å².